The molecule has 1 saturated carbocycles. The van der Waals surface area contributed by atoms with Gasteiger partial charge in [-0.3, -0.25) is 15.0 Å². The average molecular weight is 347 g/mol. The quantitative estimate of drug-likeness (QED) is 0.667. The van der Waals surface area contributed by atoms with Gasteiger partial charge >= 0.3 is 0 Å². The minimum Gasteiger partial charge on any atom is -0.454 e. The van der Waals surface area contributed by atoms with E-state index in [2.05, 4.69) is 10.2 Å². The number of rotatable bonds is 4. The number of nitrogens with zero attached hydrogens (tertiary/aromatic N) is 2. The van der Waals surface area contributed by atoms with Crippen LogP contribution in [-0.2, 0) is 0 Å². The number of hydrogen-bond donors (Lipinski definition) is 1. The average Bonchev–Trinajstić information content (AvgIpc) is 3.10. The molecule has 7 nitrogen and oxygen atoms in total. The van der Waals surface area contributed by atoms with E-state index in [4.69, 9.17) is 9.47 Å². The van der Waals surface area contributed by atoms with Crippen LogP contribution in [0.15, 0.2) is 12.1 Å². The molecule has 0 aromatic heterocycles. The molecule has 1 aliphatic carbocycles. The highest BCUT2D eigenvalue weighted by Gasteiger charge is 2.37. The summed E-state index contributed by atoms with van der Waals surface area (Å²) < 4.78 is 10.9. The van der Waals surface area contributed by atoms with Gasteiger partial charge in [-0.05, 0) is 24.8 Å². The van der Waals surface area contributed by atoms with Crippen LogP contribution in [0.5, 0.6) is 11.5 Å². The summed E-state index contributed by atoms with van der Waals surface area (Å²) in [6, 6.07) is 3.49. The van der Waals surface area contributed by atoms with Crippen molar-refractivity contribution in [2.45, 2.75) is 38.1 Å². The predicted octanol–water partition coefficient (Wildman–Crippen LogP) is 2.85. The highest BCUT2D eigenvalue weighted by molar-refractivity contribution is 5.56. The third-order valence-electron chi connectivity index (χ3n) is 5.68. The highest BCUT2D eigenvalue weighted by Crippen LogP contribution is 2.46. The fourth-order valence-electron chi connectivity index (χ4n) is 4.50. The molecule has 2 fully saturated rings. The maximum atomic E-state index is 11.8. The first-order valence-electron chi connectivity index (χ1n) is 9.27. The Hall–Kier alpha value is -1.86. The number of fused-ring (bicyclic) bond motifs is 1. The minimum absolute atomic E-state index is 0.0808. The predicted molar refractivity (Wildman–Crippen MR) is 93.0 cm³/mol. The number of nitro benzene ring substituents is 1. The van der Waals surface area contributed by atoms with Gasteiger partial charge in [0.25, 0.3) is 5.69 Å². The van der Waals surface area contributed by atoms with Gasteiger partial charge in [-0.1, -0.05) is 19.3 Å². The van der Waals surface area contributed by atoms with Crippen LogP contribution in [0.2, 0.25) is 0 Å². The number of ether oxygens (including phenoxy) is 2. The standard InChI is InChI=1S/C18H25N3O4/c22-21(23)15-11-17-16(24-12-25-17)10-14(15)18(13-4-2-1-3-5-13)20-8-6-19-7-9-20/h10-11,13,18-19H,1-9,12H2/t18-/m0/s1. The maximum Gasteiger partial charge on any atom is 0.278 e. The lowest BCUT2D eigenvalue weighted by Crippen LogP contribution is -2.47. The van der Waals surface area contributed by atoms with Crippen LogP contribution in [0.1, 0.15) is 43.7 Å². The molecule has 0 radical (unpaired) electrons. The molecule has 7 heteroatoms. The summed E-state index contributed by atoms with van der Waals surface area (Å²) in [6.45, 7) is 3.85. The van der Waals surface area contributed by atoms with E-state index in [-0.39, 0.29) is 23.4 Å². The van der Waals surface area contributed by atoms with E-state index in [1.165, 1.54) is 19.3 Å². The monoisotopic (exact) mass is 347 g/mol. The zero-order chi connectivity index (χ0) is 17.2. The summed E-state index contributed by atoms with van der Waals surface area (Å²) in [5, 5.41) is 15.2. The molecule has 1 aromatic carbocycles. The van der Waals surface area contributed by atoms with Crippen LogP contribution in [0.4, 0.5) is 5.69 Å². The Labute approximate surface area is 147 Å². The summed E-state index contributed by atoms with van der Waals surface area (Å²) in [6.07, 6.45) is 5.98. The van der Waals surface area contributed by atoms with Crippen molar-refractivity contribution in [2.24, 2.45) is 5.92 Å². The second-order valence-electron chi connectivity index (χ2n) is 7.15. The summed E-state index contributed by atoms with van der Waals surface area (Å²) >= 11 is 0. The Balaban J connectivity index is 1.76. The van der Waals surface area contributed by atoms with Crippen molar-refractivity contribution in [1.82, 2.24) is 10.2 Å². The minimum atomic E-state index is -0.269. The van der Waals surface area contributed by atoms with E-state index in [1.54, 1.807) is 6.07 Å². The zero-order valence-corrected chi connectivity index (χ0v) is 14.4. The third kappa shape index (κ3) is 3.30. The van der Waals surface area contributed by atoms with Crippen LogP contribution in [0, 0.1) is 16.0 Å². The van der Waals surface area contributed by atoms with Gasteiger partial charge in [-0.15, -0.1) is 0 Å². The van der Waals surface area contributed by atoms with Crippen molar-refractivity contribution in [3.8, 4) is 11.5 Å². The van der Waals surface area contributed by atoms with Gasteiger partial charge in [-0.2, -0.15) is 0 Å². The molecule has 4 rings (SSSR count). The van der Waals surface area contributed by atoms with Crippen LogP contribution < -0.4 is 14.8 Å². The van der Waals surface area contributed by atoms with Gasteiger partial charge in [0.05, 0.1) is 16.6 Å². The molecule has 0 unspecified atom stereocenters. The molecule has 1 atom stereocenters. The molecule has 136 valence electrons. The molecule has 2 aliphatic heterocycles. The molecule has 1 N–H and O–H groups in total. The van der Waals surface area contributed by atoms with Crippen molar-refractivity contribution >= 4 is 5.69 Å². The highest BCUT2D eigenvalue weighted by atomic mass is 16.7. The molecule has 1 saturated heterocycles. The first-order valence-corrected chi connectivity index (χ1v) is 9.27. The van der Waals surface area contributed by atoms with E-state index in [9.17, 15) is 10.1 Å². The fourth-order valence-corrected chi connectivity index (χ4v) is 4.50. The molecule has 2 heterocycles. The molecule has 3 aliphatic rings. The summed E-state index contributed by atoms with van der Waals surface area (Å²) in [5.41, 5.74) is 0.960. The number of piperazine rings is 1. The number of hydrogen-bond acceptors (Lipinski definition) is 6. The van der Waals surface area contributed by atoms with Crippen LogP contribution in [-0.4, -0.2) is 42.8 Å². The lowest BCUT2D eigenvalue weighted by Gasteiger charge is -2.41. The Morgan fingerprint density at radius 2 is 1.80 bits per heavy atom. The normalized spacial score (nSPS) is 22.7. The SMILES string of the molecule is O=[N+]([O-])c1cc2c(cc1[C@H](C1CCCCC1)N1CCNCC1)OCO2. The van der Waals surface area contributed by atoms with Crippen molar-refractivity contribution in [1.29, 1.82) is 0 Å². The molecule has 0 amide bonds. The first-order chi connectivity index (χ1) is 12.2. The third-order valence-corrected chi connectivity index (χ3v) is 5.68. The summed E-state index contributed by atoms with van der Waals surface area (Å²) in [7, 11) is 0. The van der Waals surface area contributed by atoms with E-state index in [1.807, 2.05) is 6.07 Å². The van der Waals surface area contributed by atoms with Crippen molar-refractivity contribution < 1.29 is 14.4 Å². The second kappa shape index (κ2) is 7.17. The Bertz CT molecular complexity index is 621. The smallest absolute Gasteiger partial charge is 0.278 e. The number of benzene rings is 1. The van der Waals surface area contributed by atoms with E-state index >= 15 is 0 Å². The van der Waals surface area contributed by atoms with Gasteiger partial charge in [0.2, 0.25) is 6.79 Å². The van der Waals surface area contributed by atoms with Gasteiger partial charge in [0, 0.05) is 32.2 Å². The Morgan fingerprint density at radius 1 is 1.12 bits per heavy atom. The van der Waals surface area contributed by atoms with Crippen molar-refractivity contribution in [3.05, 3.63) is 27.8 Å². The van der Waals surface area contributed by atoms with Gasteiger partial charge in [-0.25, -0.2) is 0 Å². The molecule has 1 aromatic rings. The largest absolute Gasteiger partial charge is 0.454 e. The fraction of sp³-hybridized carbons (Fsp3) is 0.667. The second-order valence-corrected chi connectivity index (χ2v) is 7.15. The van der Waals surface area contributed by atoms with Gasteiger partial charge in [0.1, 0.15) is 0 Å². The molecule has 25 heavy (non-hydrogen) atoms. The Kier molecular flexibility index (Phi) is 4.76. The van der Waals surface area contributed by atoms with E-state index in [0.29, 0.717) is 17.4 Å². The Morgan fingerprint density at radius 3 is 2.48 bits per heavy atom. The van der Waals surface area contributed by atoms with E-state index < -0.39 is 0 Å². The van der Waals surface area contributed by atoms with E-state index in [0.717, 1.165) is 44.6 Å². The van der Waals surface area contributed by atoms with Crippen LogP contribution in [0.25, 0.3) is 0 Å². The van der Waals surface area contributed by atoms with Gasteiger partial charge in [0.15, 0.2) is 11.5 Å². The lowest BCUT2D eigenvalue weighted by molar-refractivity contribution is -0.386. The number of nitro groups is 1. The van der Waals surface area contributed by atoms with Crippen molar-refractivity contribution in [2.75, 3.05) is 33.0 Å². The van der Waals surface area contributed by atoms with Crippen molar-refractivity contribution in [3.63, 3.8) is 0 Å². The first kappa shape index (κ1) is 16.6. The van der Waals surface area contributed by atoms with Gasteiger partial charge < -0.3 is 14.8 Å². The van der Waals surface area contributed by atoms with Crippen LogP contribution in [0.3, 0.4) is 0 Å². The lowest BCUT2D eigenvalue weighted by atomic mass is 9.79. The van der Waals surface area contributed by atoms with Crippen LogP contribution >= 0.6 is 0 Å². The topological polar surface area (TPSA) is 76.9 Å². The zero-order valence-electron chi connectivity index (χ0n) is 14.4. The molecular weight excluding hydrogens is 322 g/mol. The molecular formula is C18H25N3O4. The summed E-state index contributed by atoms with van der Waals surface area (Å²) in [5.74, 6) is 1.58. The molecule has 0 spiro atoms. The summed E-state index contributed by atoms with van der Waals surface area (Å²) in [4.78, 5) is 13.9. The molecule has 0 bridgehead atoms. The number of nitrogens with one attached hydrogen (secondary N) is 1. The maximum absolute atomic E-state index is 11.8.